The maximum absolute atomic E-state index is 13.0. The van der Waals surface area contributed by atoms with E-state index < -0.39 is 5.91 Å². The van der Waals surface area contributed by atoms with Gasteiger partial charge in [-0.3, -0.25) is 14.5 Å². The highest BCUT2D eigenvalue weighted by Crippen LogP contribution is 2.31. The molecule has 0 atom stereocenters. The van der Waals surface area contributed by atoms with Crippen molar-refractivity contribution in [2.45, 2.75) is 6.54 Å². The predicted octanol–water partition coefficient (Wildman–Crippen LogP) is 2.40. The Labute approximate surface area is 200 Å². The molecule has 1 aromatic carbocycles. The molecule has 0 unspecified atom stereocenters. The van der Waals surface area contributed by atoms with Gasteiger partial charge in [0, 0.05) is 42.7 Å². The molecule has 0 aliphatic carbocycles. The number of aromatic nitrogens is 7. The Morgan fingerprint density at radius 3 is 2.74 bits per heavy atom. The van der Waals surface area contributed by atoms with Crippen LogP contribution < -0.4 is 15.8 Å². The van der Waals surface area contributed by atoms with Gasteiger partial charge in [-0.1, -0.05) is 12.1 Å². The fraction of sp³-hybridized carbons (Fsp3) is 0.125. The van der Waals surface area contributed by atoms with Crippen molar-refractivity contribution in [3.05, 3.63) is 72.6 Å². The number of nitrogen functional groups attached to an aromatic ring is 1. The first kappa shape index (κ1) is 21.9. The number of methoxy groups -OCH3 is 1. The number of pyridine rings is 1. The van der Waals surface area contributed by atoms with Crippen LogP contribution in [-0.2, 0) is 13.6 Å². The van der Waals surface area contributed by atoms with Crippen molar-refractivity contribution in [3.8, 4) is 28.5 Å². The minimum absolute atomic E-state index is 0.00568. The van der Waals surface area contributed by atoms with Gasteiger partial charge in [0.15, 0.2) is 17.3 Å². The number of nitrogens with two attached hydrogens (primary N) is 1. The standard InChI is InChI=1S/C24H21N9O2/c1-33-11-8-17(32-33)21-20(15-5-6-16-14(12-15)4-3-9-26-16)30-22(23(25)31-21)24(34)28-13-18-27-10-7-19(29-18)35-2/h3-12H,13H2,1-2H3,(H2,25,31)(H,28,34). The van der Waals surface area contributed by atoms with Gasteiger partial charge in [-0.05, 0) is 24.3 Å². The van der Waals surface area contributed by atoms with Gasteiger partial charge >= 0.3 is 0 Å². The fourth-order valence-electron chi connectivity index (χ4n) is 3.58. The summed E-state index contributed by atoms with van der Waals surface area (Å²) in [4.78, 5) is 34.9. The van der Waals surface area contributed by atoms with Crippen molar-refractivity contribution >= 4 is 22.6 Å². The van der Waals surface area contributed by atoms with E-state index in [1.54, 1.807) is 29.3 Å². The first-order valence-corrected chi connectivity index (χ1v) is 10.7. The Hall–Kier alpha value is -4.93. The molecule has 0 bridgehead atoms. The van der Waals surface area contributed by atoms with E-state index in [2.05, 4.69) is 35.3 Å². The van der Waals surface area contributed by atoms with Crippen molar-refractivity contribution in [3.63, 3.8) is 0 Å². The van der Waals surface area contributed by atoms with E-state index >= 15 is 0 Å². The summed E-state index contributed by atoms with van der Waals surface area (Å²) in [5.41, 5.74) is 9.32. The minimum Gasteiger partial charge on any atom is -0.481 e. The van der Waals surface area contributed by atoms with E-state index in [1.165, 1.54) is 7.11 Å². The van der Waals surface area contributed by atoms with Crippen LogP contribution in [0.1, 0.15) is 16.3 Å². The SMILES string of the molecule is COc1ccnc(CNC(=O)c2nc(-c3ccc4ncccc4c3)c(-c3ccn(C)n3)nc2N)n1. The van der Waals surface area contributed by atoms with Crippen LogP contribution in [0.2, 0.25) is 0 Å². The van der Waals surface area contributed by atoms with Crippen molar-refractivity contribution in [1.82, 2.24) is 40.0 Å². The van der Waals surface area contributed by atoms with Crippen LogP contribution >= 0.6 is 0 Å². The molecule has 4 aromatic heterocycles. The van der Waals surface area contributed by atoms with Gasteiger partial charge in [-0.15, -0.1) is 0 Å². The molecule has 3 N–H and O–H groups in total. The van der Waals surface area contributed by atoms with Crippen LogP contribution in [0, 0.1) is 0 Å². The second kappa shape index (κ2) is 9.14. The van der Waals surface area contributed by atoms with Crippen molar-refractivity contribution in [2.75, 3.05) is 12.8 Å². The third-order valence-corrected chi connectivity index (χ3v) is 5.27. The van der Waals surface area contributed by atoms with E-state index in [4.69, 9.17) is 10.5 Å². The number of carbonyl (C=O) groups is 1. The number of carbonyl (C=O) groups excluding carboxylic acids is 1. The lowest BCUT2D eigenvalue weighted by atomic mass is 10.0. The third-order valence-electron chi connectivity index (χ3n) is 5.27. The van der Waals surface area contributed by atoms with Gasteiger partial charge in [0.25, 0.3) is 5.91 Å². The molecule has 0 aliphatic rings. The quantitative estimate of drug-likeness (QED) is 0.384. The minimum atomic E-state index is -0.502. The highest BCUT2D eigenvalue weighted by molar-refractivity contribution is 5.98. The van der Waals surface area contributed by atoms with Gasteiger partial charge < -0.3 is 15.8 Å². The lowest BCUT2D eigenvalue weighted by Gasteiger charge is -2.12. The number of rotatable bonds is 6. The van der Waals surface area contributed by atoms with Gasteiger partial charge in [0.2, 0.25) is 5.88 Å². The summed E-state index contributed by atoms with van der Waals surface area (Å²) in [5, 5.41) is 8.13. The number of hydrogen-bond acceptors (Lipinski definition) is 9. The van der Waals surface area contributed by atoms with Crippen LogP contribution in [0.25, 0.3) is 33.5 Å². The van der Waals surface area contributed by atoms with Gasteiger partial charge in [-0.25, -0.2) is 15.0 Å². The maximum atomic E-state index is 13.0. The summed E-state index contributed by atoms with van der Waals surface area (Å²) >= 11 is 0. The molecule has 174 valence electrons. The Bertz CT molecular complexity index is 1550. The van der Waals surface area contributed by atoms with E-state index in [1.807, 2.05) is 43.4 Å². The van der Waals surface area contributed by atoms with Gasteiger partial charge in [0.1, 0.15) is 11.4 Å². The Balaban J connectivity index is 1.55. The van der Waals surface area contributed by atoms with Crippen LogP contribution in [0.15, 0.2) is 61.1 Å². The number of ether oxygens (including phenoxy) is 1. The van der Waals surface area contributed by atoms with Gasteiger partial charge in [-0.2, -0.15) is 10.1 Å². The molecule has 1 amide bonds. The van der Waals surface area contributed by atoms with E-state index in [9.17, 15) is 4.79 Å². The largest absolute Gasteiger partial charge is 0.481 e. The van der Waals surface area contributed by atoms with Crippen molar-refractivity contribution in [2.24, 2.45) is 7.05 Å². The lowest BCUT2D eigenvalue weighted by Crippen LogP contribution is -2.26. The normalized spacial score (nSPS) is 10.9. The van der Waals surface area contributed by atoms with E-state index in [-0.39, 0.29) is 18.1 Å². The summed E-state index contributed by atoms with van der Waals surface area (Å²) in [6.07, 6.45) is 5.09. The first-order valence-electron chi connectivity index (χ1n) is 10.7. The average molecular weight is 467 g/mol. The molecule has 0 spiro atoms. The molecule has 0 radical (unpaired) electrons. The molecule has 0 fully saturated rings. The molecule has 35 heavy (non-hydrogen) atoms. The van der Waals surface area contributed by atoms with Gasteiger partial charge in [0.05, 0.1) is 24.9 Å². The second-order valence-electron chi connectivity index (χ2n) is 7.64. The summed E-state index contributed by atoms with van der Waals surface area (Å²) in [6.45, 7) is 0.0656. The molecular formula is C24H21N9O2. The van der Waals surface area contributed by atoms with E-state index in [0.717, 1.165) is 16.5 Å². The Morgan fingerprint density at radius 2 is 1.94 bits per heavy atom. The lowest BCUT2D eigenvalue weighted by molar-refractivity contribution is 0.0945. The number of nitrogens with zero attached hydrogens (tertiary/aromatic N) is 7. The topological polar surface area (TPSA) is 147 Å². The molecule has 4 heterocycles. The monoisotopic (exact) mass is 467 g/mol. The fourth-order valence-corrected chi connectivity index (χ4v) is 3.58. The Kier molecular flexibility index (Phi) is 5.71. The molecule has 0 saturated heterocycles. The number of anilines is 1. The van der Waals surface area contributed by atoms with Crippen molar-refractivity contribution < 1.29 is 9.53 Å². The van der Waals surface area contributed by atoms with Crippen LogP contribution in [-0.4, -0.2) is 47.7 Å². The molecule has 0 saturated carbocycles. The number of fused-ring (bicyclic) bond motifs is 1. The van der Waals surface area contributed by atoms with E-state index in [0.29, 0.717) is 28.8 Å². The number of aryl methyl sites for hydroxylation is 1. The predicted molar refractivity (Wildman–Crippen MR) is 129 cm³/mol. The zero-order valence-electron chi connectivity index (χ0n) is 19.0. The average Bonchev–Trinajstić information content (AvgIpc) is 3.33. The molecule has 11 heteroatoms. The van der Waals surface area contributed by atoms with Crippen LogP contribution in [0.3, 0.4) is 0 Å². The number of amides is 1. The molecule has 11 nitrogen and oxygen atoms in total. The summed E-state index contributed by atoms with van der Waals surface area (Å²) in [5.74, 6) is 0.270. The maximum Gasteiger partial charge on any atom is 0.274 e. The Morgan fingerprint density at radius 1 is 1.06 bits per heavy atom. The number of nitrogens with one attached hydrogen (secondary N) is 1. The van der Waals surface area contributed by atoms with Crippen molar-refractivity contribution in [1.29, 1.82) is 0 Å². The molecule has 0 aliphatic heterocycles. The molecule has 5 aromatic rings. The zero-order chi connectivity index (χ0) is 24.4. The van der Waals surface area contributed by atoms with Crippen LogP contribution in [0.4, 0.5) is 5.82 Å². The highest BCUT2D eigenvalue weighted by Gasteiger charge is 2.21. The molecule has 5 rings (SSSR count). The smallest absolute Gasteiger partial charge is 0.274 e. The number of hydrogen-bond donors (Lipinski definition) is 2. The van der Waals surface area contributed by atoms with Crippen LogP contribution in [0.5, 0.6) is 5.88 Å². The zero-order valence-corrected chi connectivity index (χ0v) is 19.0. The second-order valence-corrected chi connectivity index (χ2v) is 7.64. The summed E-state index contributed by atoms with van der Waals surface area (Å²) in [7, 11) is 3.32. The summed E-state index contributed by atoms with van der Waals surface area (Å²) < 4.78 is 6.76. The summed E-state index contributed by atoms with van der Waals surface area (Å²) in [6, 6.07) is 13.0. The first-order chi connectivity index (χ1) is 17.0. The highest BCUT2D eigenvalue weighted by atomic mass is 16.5. The molecular weight excluding hydrogens is 446 g/mol. The third kappa shape index (κ3) is 4.47. The number of benzene rings is 1.